The van der Waals surface area contributed by atoms with E-state index in [4.69, 9.17) is 13.9 Å². The minimum absolute atomic E-state index is 0.0779. The van der Waals surface area contributed by atoms with E-state index in [-0.39, 0.29) is 18.3 Å². The van der Waals surface area contributed by atoms with E-state index in [1.54, 1.807) is 17.9 Å². The Kier molecular flexibility index (Phi) is 6.91. The van der Waals surface area contributed by atoms with Crippen LogP contribution in [0.3, 0.4) is 0 Å². The van der Waals surface area contributed by atoms with Crippen LogP contribution in [0.25, 0.3) is 16.5 Å². The first kappa shape index (κ1) is 20.6. The molecule has 1 saturated heterocycles. The second-order valence-corrected chi connectivity index (χ2v) is 7.50. The number of esters is 1. The molecule has 28 heavy (non-hydrogen) atoms. The Bertz CT molecular complexity index is 896. The third kappa shape index (κ3) is 4.83. The third-order valence-electron chi connectivity index (χ3n) is 4.67. The lowest BCUT2D eigenvalue weighted by molar-refractivity contribution is -0.143. The van der Waals surface area contributed by atoms with Gasteiger partial charge in [0.1, 0.15) is 11.3 Å². The minimum Gasteiger partial charge on any atom is -0.466 e. The van der Waals surface area contributed by atoms with Crippen molar-refractivity contribution in [3.8, 4) is 0 Å². The molecule has 0 spiro atoms. The van der Waals surface area contributed by atoms with Gasteiger partial charge in [0.25, 0.3) is 0 Å². The van der Waals surface area contributed by atoms with Gasteiger partial charge in [0.05, 0.1) is 19.8 Å². The van der Waals surface area contributed by atoms with Gasteiger partial charge in [-0.3, -0.25) is 9.59 Å². The van der Waals surface area contributed by atoms with Crippen LogP contribution in [0.4, 0.5) is 0 Å². The van der Waals surface area contributed by atoms with E-state index in [1.807, 2.05) is 25.1 Å². The first-order valence-corrected chi connectivity index (χ1v) is 10.2. The highest BCUT2D eigenvalue weighted by Gasteiger charge is 2.21. The fourth-order valence-corrected chi connectivity index (χ4v) is 3.72. The lowest BCUT2D eigenvalue weighted by atomic mass is 9.97. The van der Waals surface area contributed by atoms with Crippen molar-refractivity contribution in [1.29, 1.82) is 0 Å². The van der Waals surface area contributed by atoms with E-state index in [9.17, 15) is 9.59 Å². The van der Waals surface area contributed by atoms with E-state index >= 15 is 0 Å². The van der Waals surface area contributed by atoms with Crippen LogP contribution in [0, 0.1) is 6.92 Å². The zero-order valence-corrected chi connectivity index (χ0v) is 17.7. The number of benzene rings is 1. The first-order valence-electron chi connectivity index (χ1n) is 9.41. The summed E-state index contributed by atoms with van der Waals surface area (Å²) in [5, 5.41) is 0.914. The quantitative estimate of drug-likeness (QED) is 0.490. The average molecular weight is 450 g/mol. The van der Waals surface area contributed by atoms with E-state index in [0.29, 0.717) is 39.3 Å². The number of allylic oxidation sites excluding steroid dienone is 1. The molecule has 1 amide bonds. The molecule has 150 valence electrons. The van der Waals surface area contributed by atoms with Crippen molar-refractivity contribution < 1.29 is 23.5 Å². The molecule has 0 bridgehead atoms. The summed E-state index contributed by atoms with van der Waals surface area (Å²) in [5.41, 5.74) is 2.39. The van der Waals surface area contributed by atoms with Gasteiger partial charge in [0.15, 0.2) is 0 Å². The molecule has 0 saturated carbocycles. The zero-order chi connectivity index (χ0) is 20.1. The lowest BCUT2D eigenvalue weighted by Gasteiger charge is -2.26. The third-order valence-corrected chi connectivity index (χ3v) is 5.16. The van der Waals surface area contributed by atoms with E-state index < -0.39 is 0 Å². The molecule has 3 rings (SSSR count). The van der Waals surface area contributed by atoms with Crippen molar-refractivity contribution in [3.05, 3.63) is 40.1 Å². The normalized spacial score (nSPS) is 15.1. The Morgan fingerprint density at radius 3 is 2.71 bits per heavy atom. The summed E-state index contributed by atoms with van der Waals surface area (Å²) in [6.07, 6.45) is 2.23. The van der Waals surface area contributed by atoms with E-state index in [0.717, 1.165) is 32.3 Å². The van der Waals surface area contributed by atoms with Crippen LogP contribution < -0.4 is 0 Å². The summed E-state index contributed by atoms with van der Waals surface area (Å²) in [6.45, 7) is 6.21. The number of halogens is 1. The van der Waals surface area contributed by atoms with Crippen LogP contribution >= 0.6 is 15.9 Å². The highest BCUT2D eigenvalue weighted by atomic mass is 79.9. The van der Waals surface area contributed by atoms with Crippen molar-refractivity contribution in [3.63, 3.8) is 0 Å². The molecule has 1 aliphatic rings. The summed E-state index contributed by atoms with van der Waals surface area (Å²) in [7, 11) is 0. The molecule has 2 heterocycles. The fourth-order valence-electron chi connectivity index (χ4n) is 3.35. The Morgan fingerprint density at radius 1 is 1.25 bits per heavy atom. The average Bonchev–Trinajstić information content (AvgIpc) is 3.01. The van der Waals surface area contributed by atoms with Crippen molar-refractivity contribution in [1.82, 2.24) is 4.90 Å². The summed E-state index contributed by atoms with van der Waals surface area (Å²) < 4.78 is 17.2. The molecule has 1 fully saturated rings. The molecular formula is C21H24BrNO5. The fraction of sp³-hybridized carbons (Fsp3) is 0.429. The first-order chi connectivity index (χ1) is 13.5. The molecule has 1 aromatic carbocycles. The monoisotopic (exact) mass is 449 g/mol. The maximum Gasteiger partial charge on any atom is 0.306 e. The predicted molar refractivity (Wildman–Crippen MR) is 110 cm³/mol. The summed E-state index contributed by atoms with van der Waals surface area (Å²) in [6, 6.07) is 5.78. The van der Waals surface area contributed by atoms with Crippen LogP contribution in [0.5, 0.6) is 0 Å². The van der Waals surface area contributed by atoms with Gasteiger partial charge < -0.3 is 18.8 Å². The molecule has 0 aliphatic carbocycles. The number of ether oxygens (including phenoxy) is 2. The molecule has 6 nitrogen and oxygen atoms in total. The topological polar surface area (TPSA) is 69.0 Å². The molecule has 1 aromatic heterocycles. The zero-order valence-electron chi connectivity index (χ0n) is 16.1. The number of furan rings is 1. The van der Waals surface area contributed by atoms with Gasteiger partial charge >= 0.3 is 5.97 Å². The number of rotatable bonds is 6. The number of nitrogens with zero attached hydrogens (tertiary/aromatic N) is 1. The van der Waals surface area contributed by atoms with Crippen molar-refractivity contribution in [2.75, 3.05) is 32.9 Å². The van der Waals surface area contributed by atoms with Gasteiger partial charge in [0, 0.05) is 41.0 Å². The standard InChI is InChI=1S/C21H24BrNO5/c1-3-27-20(25)7-4-15(12-19(24)23-8-10-26-11-9-23)21-14(2)28-18-6-5-16(22)13-17(18)21/h5-6,12-13H,3-4,7-11H2,1-2H3/b15-12-. The molecular weight excluding hydrogens is 426 g/mol. The molecule has 2 aromatic rings. The Morgan fingerprint density at radius 2 is 2.00 bits per heavy atom. The van der Waals surface area contributed by atoms with Crippen LogP contribution in [0.1, 0.15) is 31.1 Å². The largest absolute Gasteiger partial charge is 0.466 e. The van der Waals surface area contributed by atoms with Gasteiger partial charge in [-0.15, -0.1) is 0 Å². The highest BCUT2D eigenvalue weighted by molar-refractivity contribution is 9.10. The van der Waals surface area contributed by atoms with Crippen molar-refractivity contribution in [2.45, 2.75) is 26.7 Å². The van der Waals surface area contributed by atoms with Crippen molar-refractivity contribution in [2.24, 2.45) is 0 Å². The summed E-state index contributed by atoms with van der Waals surface area (Å²) in [4.78, 5) is 26.5. The number of amides is 1. The minimum atomic E-state index is -0.279. The van der Waals surface area contributed by atoms with Gasteiger partial charge in [-0.05, 0) is 44.0 Å². The number of hydrogen-bond donors (Lipinski definition) is 0. The number of morpholine rings is 1. The van der Waals surface area contributed by atoms with Crippen LogP contribution in [0.15, 0.2) is 33.2 Å². The molecule has 1 aliphatic heterocycles. The maximum absolute atomic E-state index is 12.8. The molecule has 0 N–H and O–H groups in total. The lowest BCUT2D eigenvalue weighted by Crippen LogP contribution is -2.39. The number of aryl methyl sites for hydroxylation is 1. The number of carbonyl (C=O) groups is 2. The maximum atomic E-state index is 12.8. The summed E-state index contributed by atoms with van der Waals surface area (Å²) in [5.74, 6) is 0.364. The molecule has 0 radical (unpaired) electrons. The van der Waals surface area contributed by atoms with Crippen LogP contribution in [-0.4, -0.2) is 49.7 Å². The van der Waals surface area contributed by atoms with Gasteiger partial charge in [0.2, 0.25) is 5.91 Å². The Labute approximate surface area is 172 Å². The van der Waals surface area contributed by atoms with E-state index in [2.05, 4.69) is 15.9 Å². The second-order valence-electron chi connectivity index (χ2n) is 6.59. The molecule has 0 atom stereocenters. The smallest absolute Gasteiger partial charge is 0.306 e. The van der Waals surface area contributed by atoms with Crippen LogP contribution in [-0.2, 0) is 19.1 Å². The second kappa shape index (κ2) is 9.39. The van der Waals surface area contributed by atoms with Gasteiger partial charge in [-0.1, -0.05) is 15.9 Å². The van der Waals surface area contributed by atoms with E-state index in [1.165, 1.54) is 0 Å². The molecule has 7 heteroatoms. The Hall–Kier alpha value is -2.12. The molecule has 0 unspecified atom stereocenters. The Balaban J connectivity index is 1.97. The number of carbonyl (C=O) groups excluding carboxylic acids is 2. The SMILES string of the molecule is CCOC(=O)CC/C(=C/C(=O)N1CCOCC1)c1c(C)oc2ccc(Br)cc12. The number of hydrogen-bond acceptors (Lipinski definition) is 5. The van der Waals surface area contributed by atoms with Crippen molar-refractivity contribution >= 4 is 44.3 Å². The van der Waals surface area contributed by atoms with Crippen LogP contribution in [0.2, 0.25) is 0 Å². The van der Waals surface area contributed by atoms with Gasteiger partial charge in [-0.2, -0.15) is 0 Å². The predicted octanol–water partition coefficient (Wildman–Crippen LogP) is 4.09. The number of fused-ring (bicyclic) bond motifs is 1. The highest BCUT2D eigenvalue weighted by Crippen LogP contribution is 2.35. The van der Waals surface area contributed by atoms with Gasteiger partial charge in [-0.25, -0.2) is 0 Å². The summed E-state index contributed by atoms with van der Waals surface area (Å²) >= 11 is 3.50.